The van der Waals surface area contributed by atoms with Gasteiger partial charge in [0.1, 0.15) is 5.82 Å². The van der Waals surface area contributed by atoms with Crippen LogP contribution in [-0.4, -0.2) is 32.6 Å². The van der Waals surface area contributed by atoms with Gasteiger partial charge in [0.2, 0.25) is 0 Å². The third-order valence-electron chi connectivity index (χ3n) is 2.75. The third kappa shape index (κ3) is 1.42. The molecule has 1 aromatic carbocycles. The van der Waals surface area contributed by atoms with Crippen LogP contribution >= 0.6 is 0 Å². The first-order valence-corrected chi connectivity index (χ1v) is 5.54. The maximum atomic E-state index is 11.8. The number of benzene rings is 1. The number of rotatable bonds is 0. The highest BCUT2D eigenvalue weighted by molar-refractivity contribution is 5.90. The van der Waals surface area contributed by atoms with Crippen molar-refractivity contribution in [1.29, 1.82) is 0 Å². The molecule has 0 spiro atoms. The Kier molecular flexibility index (Phi) is 2.22. The van der Waals surface area contributed by atoms with Gasteiger partial charge in [-0.3, -0.25) is 0 Å². The molecule has 3 rings (SSSR count). The molecule has 6 heteroatoms. The molecule has 2 aromatic heterocycles. The summed E-state index contributed by atoms with van der Waals surface area (Å²) in [5, 5.41) is 2.56. The SMILES string of the molecule is CNC(=O)n1c(C)nc2nc3ccccc3nc21. The van der Waals surface area contributed by atoms with E-state index in [0.717, 1.165) is 11.0 Å². The number of hydrogen-bond donors (Lipinski definition) is 1. The highest BCUT2D eigenvalue weighted by atomic mass is 16.2. The lowest BCUT2D eigenvalue weighted by Crippen LogP contribution is -2.25. The van der Waals surface area contributed by atoms with Gasteiger partial charge in [-0.15, -0.1) is 0 Å². The van der Waals surface area contributed by atoms with Crippen molar-refractivity contribution in [3.63, 3.8) is 0 Å². The minimum absolute atomic E-state index is 0.264. The molecule has 0 radical (unpaired) electrons. The first kappa shape index (κ1) is 10.6. The molecule has 18 heavy (non-hydrogen) atoms. The lowest BCUT2D eigenvalue weighted by Gasteiger charge is -2.03. The van der Waals surface area contributed by atoms with E-state index in [1.807, 2.05) is 24.3 Å². The predicted molar refractivity (Wildman–Crippen MR) is 67.4 cm³/mol. The van der Waals surface area contributed by atoms with Crippen molar-refractivity contribution in [2.45, 2.75) is 6.92 Å². The summed E-state index contributed by atoms with van der Waals surface area (Å²) < 4.78 is 1.43. The van der Waals surface area contributed by atoms with Gasteiger partial charge < -0.3 is 5.32 Å². The zero-order chi connectivity index (χ0) is 12.7. The molecule has 6 nitrogen and oxygen atoms in total. The van der Waals surface area contributed by atoms with Gasteiger partial charge in [-0.25, -0.2) is 24.3 Å². The van der Waals surface area contributed by atoms with E-state index in [4.69, 9.17) is 0 Å². The number of aromatic nitrogens is 4. The Morgan fingerprint density at radius 3 is 2.50 bits per heavy atom. The van der Waals surface area contributed by atoms with Crippen LogP contribution in [-0.2, 0) is 0 Å². The van der Waals surface area contributed by atoms with Crippen molar-refractivity contribution in [2.24, 2.45) is 0 Å². The maximum absolute atomic E-state index is 11.8. The van der Waals surface area contributed by atoms with Crippen molar-refractivity contribution in [2.75, 3.05) is 7.05 Å². The summed E-state index contributed by atoms with van der Waals surface area (Å²) in [5.74, 6) is 0.569. The molecule has 1 N–H and O–H groups in total. The molecular formula is C12H11N5O. The Morgan fingerprint density at radius 1 is 1.17 bits per heavy atom. The average Bonchev–Trinajstić information content (AvgIpc) is 2.70. The van der Waals surface area contributed by atoms with Gasteiger partial charge in [-0.1, -0.05) is 12.1 Å². The van der Waals surface area contributed by atoms with Crippen molar-refractivity contribution in [3.05, 3.63) is 30.1 Å². The number of amides is 1. The number of para-hydroxylation sites is 2. The van der Waals surface area contributed by atoms with E-state index in [9.17, 15) is 4.79 Å². The second-order valence-corrected chi connectivity index (χ2v) is 3.91. The summed E-state index contributed by atoms with van der Waals surface area (Å²) in [7, 11) is 1.57. The van der Waals surface area contributed by atoms with E-state index in [0.29, 0.717) is 17.1 Å². The lowest BCUT2D eigenvalue weighted by atomic mass is 10.3. The van der Waals surface area contributed by atoms with Gasteiger partial charge >= 0.3 is 6.03 Å². The molecule has 2 heterocycles. The first-order valence-electron chi connectivity index (χ1n) is 5.54. The maximum Gasteiger partial charge on any atom is 0.328 e. The summed E-state index contributed by atoms with van der Waals surface area (Å²) in [5.41, 5.74) is 2.47. The molecule has 0 bridgehead atoms. The second-order valence-electron chi connectivity index (χ2n) is 3.91. The smallest absolute Gasteiger partial charge is 0.328 e. The quantitative estimate of drug-likeness (QED) is 0.647. The Balaban J connectivity index is 2.40. The Morgan fingerprint density at radius 2 is 1.83 bits per heavy atom. The van der Waals surface area contributed by atoms with Crippen LogP contribution in [0.4, 0.5) is 4.79 Å². The number of carbonyl (C=O) groups excluding carboxylic acids is 1. The minimum atomic E-state index is -0.264. The summed E-state index contributed by atoms with van der Waals surface area (Å²) in [4.78, 5) is 24.9. The van der Waals surface area contributed by atoms with Gasteiger partial charge in [-0.2, -0.15) is 0 Å². The van der Waals surface area contributed by atoms with E-state index < -0.39 is 0 Å². The van der Waals surface area contributed by atoms with Crippen LogP contribution in [0.3, 0.4) is 0 Å². The molecule has 1 amide bonds. The van der Waals surface area contributed by atoms with Gasteiger partial charge in [0, 0.05) is 7.05 Å². The molecule has 0 atom stereocenters. The molecule has 0 aliphatic rings. The molecule has 0 saturated carbocycles. The molecule has 0 aliphatic heterocycles. The summed E-state index contributed by atoms with van der Waals surface area (Å²) >= 11 is 0. The predicted octanol–water partition coefficient (Wildman–Crippen LogP) is 1.48. The number of hydrogen-bond acceptors (Lipinski definition) is 4. The Bertz CT molecular complexity index is 762. The van der Waals surface area contributed by atoms with E-state index >= 15 is 0 Å². The standard InChI is InChI=1S/C12H11N5O/c1-7-14-10-11(17(7)12(18)13-2)16-9-6-4-3-5-8(9)15-10/h3-6H,1-2H3,(H,13,18). The number of nitrogens with zero attached hydrogens (tertiary/aromatic N) is 4. The Labute approximate surface area is 103 Å². The zero-order valence-corrected chi connectivity index (χ0v) is 10.0. The number of carbonyl (C=O) groups is 1. The lowest BCUT2D eigenvalue weighted by molar-refractivity contribution is 0.244. The van der Waals surface area contributed by atoms with Crippen molar-refractivity contribution < 1.29 is 4.79 Å². The van der Waals surface area contributed by atoms with Crippen LogP contribution in [0.5, 0.6) is 0 Å². The molecule has 0 unspecified atom stereocenters. The van der Waals surface area contributed by atoms with Crippen LogP contribution in [0.2, 0.25) is 0 Å². The van der Waals surface area contributed by atoms with Gasteiger partial charge in [0.15, 0.2) is 11.3 Å². The average molecular weight is 241 g/mol. The molecule has 0 saturated heterocycles. The highest BCUT2D eigenvalue weighted by Crippen LogP contribution is 2.16. The van der Waals surface area contributed by atoms with Crippen molar-refractivity contribution in [1.82, 2.24) is 24.8 Å². The molecule has 0 fully saturated rings. The minimum Gasteiger partial charge on any atom is -0.340 e. The summed E-state index contributed by atoms with van der Waals surface area (Å²) in [6.45, 7) is 1.75. The normalized spacial score (nSPS) is 11.0. The van der Waals surface area contributed by atoms with E-state index in [1.54, 1.807) is 14.0 Å². The zero-order valence-electron chi connectivity index (χ0n) is 10.0. The van der Waals surface area contributed by atoms with Crippen LogP contribution in [0.15, 0.2) is 24.3 Å². The fourth-order valence-electron chi connectivity index (χ4n) is 1.92. The monoisotopic (exact) mass is 241 g/mol. The van der Waals surface area contributed by atoms with Gasteiger partial charge in [0.05, 0.1) is 11.0 Å². The fraction of sp³-hybridized carbons (Fsp3) is 0.167. The van der Waals surface area contributed by atoms with E-state index in [1.165, 1.54) is 4.57 Å². The van der Waals surface area contributed by atoms with Crippen LogP contribution in [0.1, 0.15) is 5.82 Å². The largest absolute Gasteiger partial charge is 0.340 e. The number of imidazole rings is 1. The Hall–Kier alpha value is -2.50. The number of aryl methyl sites for hydroxylation is 1. The van der Waals surface area contributed by atoms with Crippen LogP contribution in [0, 0.1) is 6.92 Å². The van der Waals surface area contributed by atoms with Crippen LogP contribution in [0.25, 0.3) is 22.3 Å². The second kappa shape index (κ2) is 3.76. The topological polar surface area (TPSA) is 72.7 Å². The van der Waals surface area contributed by atoms with Crippen molar-refractivity contribution >= 4 is 28.4 Å². The fourth-order valence-corrected chi connectivity index (χ4v) is 1.92. The van der Waals surface area contributed by atoms with E-state index in [2.05, 4.69) is 20.3 Å². The molecule has 0 aliphatic carbocycles. The summed E-state index contributed by atoms with van der Waals surface area (Å²) in [6.07, 6.45) is 0. The van der Waals surface area contributed by atoms with E-state index in [-0.39, 0.29) is 6.03 Å². The van der Waals surface area contributed by atoms with Crippen molar-refractivity contribution in [3.8, 4) is 0 Å². The summed E-state index contributed by atoms with van der Waals surface area (Å²) in [6, 6.07) is 7.25. The van der Waals surface area contributed by atoms with Gasteiger partial charge in [0.25, 0.3) is 0 Å². The van der Waals surface area contributed by atoms with Gasteiger partial charge in [-0.05, 0) is 19.1 Å². The van der Waals surface area contributed by atoms with Crippen LogP contribution < -0.4 is 5.32 Å². The molecule has 3 aromatic rings. The molecule has 90 valence electrons. The number of nitrogens with one attached hydrogen (secondary N) is 1. The highest BCUT2D eigenvalue weighted by Gasteiger charge is 2.15. The third-order valence-corrected chi connectivity index (χ3v) is 2.75. The first-order chi connectivity index (χ1) is 8.70. The molecular weight excluding hydrogens is 230 g/mol. The number of fused-ring (bicyclic) bond motifs is 2.